The SMILES string of the molecule is Cc1oc(-n2cccc2)c(C#N)c1C(=O)NCc1cn(Cc2ccccc2)nc1-c1ccccc1. The second-order valence-corrected chi connectivity index (χ2v) is 8.15. The monoisotopic (exact) mass is 461 g/mol. The van der Waals surface area contributed by atoms with Crippen LogP contribution in [0.4, 0.5) is 0 Å². The summed E-state index contributed by atoms with van der Waals surface area (Å²) in [6.07, 6.45) is 5.50. The van der Waals surface area contributed by atoms with E-state index in [4.69, 9.17) is 9.52 Å². The van der Waals surface area contributed by atoms with Gasteiger partial charge in [-0.1, -0.05) is 60.7 Å². The molecule has 1 N–H and O–H groups in total. The third-order valence-electron chi connectivity index (χ3n) is 5.76. The number of rotatable bonds is 7. The van der Waals surface area contributed by atoms with Crippen LogP contribution in [0.3, 0.4) is 0 Å². The first-order valence-corrected chi connectivity index (χ1v) is 11.2. The van der Waals surface area contributed by atoms with E-state index in [0.717, 1.165) is 22.4 Å². The Morgan fingerprint density at radius 1 is 1.03 bits per heavy atom. The zero-order chi connectivity index (χ0) is 24.2. The van der Waals surface area contributed by atoms with Crippen molar-refractivity contribution in [1.82, 2.24) is 19.7 Å². The van der Waals surface area contributed by atoms with Crippen LogP contribution < -0.4 is 5.32 Å². The van der Waals surface area contributed by atoms with E-state index in [2.05, 4.69) is 23.5 Å². The minimum atomic E-state index is -0.365. The summed E-state index contributed by atoms with van der Waals surface area (Å²) < 4.78 is 9.35. The van der Waals surface area contributed by atoms with E-state index in [0.29, 0.717) is 18.2 Å². The number of carbonyl (C=O) groups is 1. The summed E-state index contributed by atoms with van der Waals surface area (Å²) in [4.78, 5) is 13.2. The third-order valence-corrected chi connectivity index (χ3v) is 5.76. The molecule has 0 aliphatic carbocycles. The summed E-state index contributed by atoms with van der Waals surface area (Å²) in [7, 11) is 0. The fourth-order valence-electron chi connectivity index (χ4n) is 4.11. The predicted octanol–water partition coefficient (Wildman–Crippen LogP) is 5.09. The molecule has 2 aromatic carbocycles. The van der Waals surface area contributed by atoms with Crippen molar-refractivity contribution < 1.29 is 9.21 Å². The van der Waals surface area contributed by atoms with E-state index >= 15 is 0 Å². The lowest BCUT2D eigenvalue weighted by Crippen LogP contribution is -2.24. The lowest BCUT2D eigenvalue weighted by Gasteiger charge is -2.06. The predicted molar refractivity (Wildman–Crippen MR) is 132 cm³/mol. The van der Waals surface area contributed by atoms with Gasteiger partial charge in [0.15, 0.2) is 0 Å². The van der Waals surface area contributed by atoms with Crippen LogP contribution in [0.5, 0.6) is 0 Å². The standard InChI is InChI=1S/C28H23N5O2/c1-20-25(24(16-29)28(35-20)32-14-8-9-15-32)27(34)30-17-23-19-33(18-21-10-4-2-5-11-21)31-26(23)22-12-6-3-7-13-22/h2-15,19H,17-18H2,1H3,(H,30,34). The van der Waals surface area contributed by atoms with E-state index < -0.39 is 0 Å². The number of nitrogens with zero attached hydrogens (tertiary/aromatic N) is 4. The van der Waals surface area contributed by atoms with Gasteiger partial charge in [0.25, 0.3) is 5.91 Å². The van der Waals surface area contributed by atoms with Crippen molar-refractivity contribution in [1.29, 1.82) is 5.26 Å². The summed E-state index contributed by atoms with van der Waals surface area (Å²) in [5, 5.41) is 17.5. The topological polar surface area (TPSA) is 88.8 Å². The van der Waals surface area contributed by atoms with E-state index in [1.165, 1.54) is 0 Å². The minimum absolute atomic E-state index is 0.208. The van der Waals surface area contributed by atoms with Gasteiger partial charge in [0.2, 0.25) is 5.88 Å². The highest BCUT2D eigenvalue weighted by Crippen LogP contribution is 2.26. The number of aryl methyl sites for hydroxylation is 1. The average Bonchev–Trinajstić information content (AvgIpc) is 3.62. The van der Waals surface area contributed by atoms with Crippen LogP contribution in [0.15, 0.2) is 95.8 Å². The molecule has 0 spiro atoms. The molecule has 1 amide bonds. The highest BCUT2D eigenvalue weighted by atomic mass is 16.4. The molecular weight excluding hydrogens is 438 g/mol. The summed E-state index contributed by atoms with van der Waals surface area (Å²) in [6.45, 7) is 2.57. The van der Waals surface area contributed by atoms with Gasteiger partial charge < -0.3 is 9.73 Å². The highest BCUT2D eigenvalue weighted by molar-refractivity contribution is 5.98. The smallest absolute Gasteiger partial charge is 0.256 e. The van der Waals surface area contributed by atoms with Crippen LogP contribution in [0, 0.1) is 18.3 Å². The zero-order valence-corrected chi connectivity index (χ0v) is 19.2. The molecule has 5 rings (SSSR count). The second kappa shape index (κ2) is 9.57. The van der Waals surface area contributed by atoms with Gasteiger partial charge in [-0.2, -0.15) is 10.4 Å². The lowest BCUT2D eigenvalue weighted by molar-refractivity contribution is 0.0949. The first-order valence-electron chi connectivity index (χ1n) is 11.2. The molecule has 0 fully saturated rings. The van der Waals surface area contributed by atoms with Gasteiger partial charge >= 0.3 is 0 Å². The first kappa shape index (κ1) is 22.0. The van der Waals surface area contributed by atoms with Crippen molar-refractivity contribution in [3.63, 3.8) is 0 Å². The van der Waals surface area contributed by atoms with E-state index in [1.807, 2.05) is 71.5 Å². The molecular formula is C28H23N5O2. The Morgan fingerprint density at radius 3 is 2.40 bits per heavy atom. The number of benzene rings is 2. The van der Waals surface area contributed by atoms with Crippen molar-refractivity contribution in [2.45, 2.75) is 20.0 Å². The Bertz CT molecular complexity index is 1490. The van der Waals surface area contributed by atoms with Gasteiger partial charge in [-0.25, -0.2) is 0 Å². The van der Waals surface area contributed by atoms with Crippen LogP contribution >= 0.6 is 0 Å². The quantitative estimate of drug-likeness (QED) is 0.366. The normalized spacial score (nSPS) is 10.7. The van der Waals surface area contributed by atoms with E-state index in [9.17, 15) is 10.1 Å². The van der Waals surface area contributed by atoms with Crippen LogP contribution in [0.25, 0.3) is 17.1 Å². The zero-order valence-electron chi connectivity index (χ0n) is 19.2. The van der Waals surface area contributed by atoms with Crippen LogP contribution in [0.1, 0.15) is 32.8 Å². The maximum atomic E-state index is 13.2. The Balaban J connectivity index is 1.42. The lowest BCUT2D eigenvalue weighted by atomic mass is 10.1. The number of nitriles is 1. The molecule has 0 atom stereocenters. The molecule has 3 heterocycles. The van der Waals surface area contributed by atoms with Gasteiger partial charge in [-0.3, -0.25) is 14.0 Å². The van der Waals surface area contributed by atoms with Crippen molar-refractivity contribution in [2.75, 3.05) is 0 Å². The number of nitrogens with one attached hydrogen (secondary N) is 1. The molecule has 7 heteroatoms. The van der Waals surface area contributed by atoms with E-state index in [1.54, 1.807) is 23.9 Å². The molecule has 3 aromatic heterocycles. The Hall–Kier alpha value is -4.83. The Morgan fingerprint density at radius 2 is 1.71 bits per heavy atom. The summed E-state index contributed by atoms with van der Waals surface area (Å²) >= 11 is 0. The van der Waals surface area contributed by atoms with Crippen molar-refractivity contribution in [3.8, 4) is 23.2 Å². The number of hydrogen-bond acceptors (Lipinski definition) is 4. The fourth-order valence-corrected chi connectivity index (χ4v) is 4.11. The Kier molecular flexibility index (Phi) is 6.01. The first-order chi connectivity index (χ1) is 17.1. The van der Waals surface area contributed by atoms with Crippen molar-refractivity contribution in [3.05, 3.63) is 119 Å². The fraction of sp³-hybridized carbons (Fsp3) is 0.107. The maximum absolute atomic E-state index is 13.2. The largest absolute Gasteiger partial charge is 0.443 e. The molecule has 0 bridgehead atoms. The number of amides is 1. The molecule has 0 saturated heterocycles. The summed E-state index contributed by atoms with van der Waals surface area (Å²) in [6, 6.07) is 25.8. The summed E-state index contributed by atoms with van der Waals surface area (Å²) in [5.41, 5.74) is 4.24. The van der Waals surface area contributed by atoms with Crippen LogP contribution in [0.2, 0.25) is 0 Å². The molecule has 172 valence electrons. The maximum Gasteiger partial charge on any atom is 0.256 e. The number of furan rings is 1. The van der Waals surface area contributed by atoms with Gasteiger partial charge in [0, 0.05) is 36.3 Å². The molecule has 0 saturated carbocycles. The molecule has 0 aliphatic rings. The second-order valence-electron chi connectivity index (χ2n) is 8.15. The van der Waals surface area contributed by atoms with Crippen LogP contribution in [-0.2, 0) is 13.1 Å². The summed E-state index contributed by atoms with van der Waals surface area (Å²) in [5.74, 6) is 0.364. The minimum Gasteiger partial charge on any atom is -0.443 e. The van der Waals surface area contributed by atoms with E-state index in [-0.39, 0.29) is 23.6 Å². The van der Waals surface area contributed by atoms with Crippen molar-refractivity contribution >= 4 is 5.91 Å². The molecule has 5 aromatic rings. The molecule has 35 heavy (non-hydrogen) atoms. The molecule has 0 aliphatic heterocycles. The molecule has 0 radical (unpaired) electrons. The molecule has 0 unspecified atom stereocenters. The Labute approximate surface area is 202 Å². The number of carbonyl (C=O) groups excluding carboxylic acids is 1. The molecule has 7 nitrogen and oxygen atoms in total. The number of hydrogen-bond donors (Lipinski definition) is 1. The van der Waals surface area contributed by atoms with Crippen molar-refractivity contribution in [2.24, 2.45) is 0 Å². The number of aromatic nitrogens is 3. The van der Waals surface area contributed by atoms with Gasteiger partial charge in [-0.05, 0) is 24.6 Å². The van der Waals surface area contributed by atoms with Crippen LogP contribution in [-0.4, -0.2) is 20.3 Å². The van der Waals surface area contributed by atoms with Gasteiger partial charge in [-0.15, -0.1) is 0 Å². The van der Waals surface area contributed by atoms with Gasteiger partial charge in [0.05, 0.1) is 12.2 Å². The third kappa shape index (κ3) is 4.50. The highest BCUT2D eigenvalue weighted by Gasteiger charge is 2.25. The average molecular weight is 462 g/mol. The van der Waals surface area contributed by atoms with Gasteiger partial charge in [0.1, 0.15) is 23.0 Å².